The Kier molecular flexibility index (Phi) is 5.70. The molecule has 0 unspecified atom stereocenters. The number of pyridine rings is 1. The molecule has 3 aromatic rings. The summed E-state index contributed by atoms with van der Waals surface area (Å²) >= 11 is 6.07. The second-order valence-corrected chi connectivity index (χ2v) is 5.45. The van der Waals surface area contributed by atoms with E-state index in [4.69, 9.17) is 11.6 Å². The molecule has 2 nitrogen and oxygen atoms in total. The highest BCUT2D eigenvalue weighted by Crippen LogP contribution is 2.19. The first-order chi connectivity index (χ1) is 10.3. The lowest BCUT2D eigenvalue weighted by Gasteiger charge is -2.10. The first kappa shape index (κ1) is 16.2. The van der Waals surface area contributed by atoms with Crippen LogP contribution in [0.4, 0.5) is 0 Å². The van der Waals surface area contributed by atoms with E-state index in [2.05, 4.69) is 59.6 Å². The number of benzene rings is 2. The van der Waals surface area contributed by atoms with Gasteiger partial charge in [-0.1, -0.05) is 78.3 Å². The minimum absolute atomic E-state index is 0. The van der Waals surface area contributed by atoms with Crippen LogP contribution in [0.15, 0.2) is 72.8 Å². The van der Waals surface area contributed by atoms with Crippen molar-refractivity contribution in [2.24, 2.45) is 0 Å². The van der Waals surface area contributed by atoms with Gasteiger partial charge in [-0.2, -0.15) is 0 Å². The van der Waals surface area contributed by atoms with Gasteiger partial charge in [0.1, 0.15) is 5.15 Å². The lowest BCUT2D eigenvalue weighted by molar-refractivity contribution is 1.01. The molecule has 0 saturated carbocycles. The van der Waals surface area contributed by atoms with Crippen LogP contribution in [0.3, 0.4) is 0 Å². The highest BCUT2D eigenvalue weighted by Gasteiger charge is 2.07. The lowest BCUT2D eigenvalue weighted by atomic mass is 9.99. The molecule has 3 rings (SSSR count). The first-order valence-corrected chi connectivity index (χ1v) is 7.41. The third kappa shape index (κ3) is 4.17. The zero-order chi connectivity index (χ0) is 14.5. The van der Waals surface area contributed by atoms with Gasteiger partial charge in [0.05, 0.1) is 5.69 Å². The summed E-state index contributed by atoms with van der Waals surface area (Å²) in [6, 6.07) is 24.8. The third-order valence-corrected chi connectivity index (χ3v) is 3.70. The van der Waals surface area contributed by atoms with Gasteiger partial charge in [0.2, 0.25) is 0 Å². The molecule has 1 heterocycles. The van der Waals surface area contributed by atoms with E-state index >= 15 is 0 Å². The minimum Gasteiger partial charge on any atom is -0.344 e. The van der Waals surface area contributed by atoms with Gasteiger partial charge in [-0.25, -0.2) is 4.98 Å². The third-order valence-electron chi connectivity index (χ3n) is 3.49. The second kappa shape index (κ2) is 7.74. The topological polar surface area (TPSA) is 47.9 Å². The molecule has 0 aliphatic carbocycles. The number of halogens is 1. The van der Waals surface area contributed by atoms with Gasteiger partial charge in [-0.3, -0.25) is 0 Å². The van der Waals surface area contributed by atoms with Crippen molar-refractivity contribution in [1.29, 1.82) is 0 Å². The van der Waals surface area contributed by atoms with Crippen molar-refractivity contribution in [3.05, 3.63) is 100 Å². The molecule has 22 heavy (non-hydrogen) atoms. The molecule has 0 amide bonds. The number of nitrogens with zero attached hydrogens (tertiary/aromatic N) is 1. The number of hydrogen-bond donors (Lipinski definition) is 1. The maximum absolute atomic E-state index is 6.07. The van der Waals surface area contributed by atoms with Crippen molar-refractivity contribution in [3.63, 3.8) is 0 Å². The minimum atomic E-state index is 0. The fourth-order valence-corrected chi connectivity index (χ4v) is 2.59. The molecule has 3 heteroatoms. The first-order valence-electron chi connectivity index (χ1n) is 7.03. The average Bonchev–Trinajstić information content (AvgIpc) is 2.52. The number of hydrogen-bond acceptors (Lipinski definition) is 2. The van der Waals surface area contributed by atoms with Crippen molar-refractivity contribution < 1.29 is 0 Å². The van der Waals surface area contributed by atoms with Crippen molar-refractivity contribution >= 4 is 11.6 Å². The predicted octanol–water partition coefficient (Wildman–Crippen LogP) is 5.08. The van der Waals surface area contributed by atoms with Crippen molar-refractivity contribution in [1.82, 2.24) is 11.1 Å². The fraction of sp³-hybridized carbons (Fsp3) is 0.105. The van der Waals surface area contributed by atoms with E-state index in [0.29, 0.717) is 5.15 Å². The molecule has 0 saturated heterocycles. The molecule has 2 aromatic carbocycles. The summed E-state index contributed by atoms with van der Waals surface area (Å²) in [5.74, 6) is 0. The van der Waals surface area contributed by atoms with Gasteiger partial charge in [0.25, 0.3) is 0 Å². The Labute approximate surface area is 136 Å². The van der Waals surface area contributed by atoms with E-state index in [0.717, 1.165) is 18.5 Å². The molecule has 0 aliphatic heterocycles. The predicted molar refractivity (Wildman–Crippen MR) is 92.8 cm³/mol. The van der Waals surface area contributed by atoms with Crippen molar-refractivity contribution in [3.8, 4) is 0 Å². The molecule has 0 fully saturated rings. The SMILES string of the molecule is Clc1ccc(Cc2ccccc2)c(Cc2ccccc2)n1.N. The molecule has 112 valence electrons. The molecule has 0 radical (unpaired) electrons. The standard InChI is InChI=1S/C19H16ClN.H3N/c20-19-12-11-17(13-15-7-3-1-4-8-15)18(21-19)14-16-9-5-2-6-10-16;/h1-12H,13-14H2;1H3. The van der Waals surface area contributed by atoms with Gasteiger partial charge < -0.3 is 6.15 Å². The molecule has 3 N–H and O–H groups in total. The number of rotatable bonds is 4. The Balaban J connectivity index is 0.00000176. The van der Waals surface area contributed by atoms with Crippen LogP contribution in [0, 0.1) is 0 Å². The Morgan fingerprint density at radius 2 is 1.23 bits per heavy atom. The molecular weight excluding hydrogens is 292 g/mol. The van der Waals surface area contributed by atoms with Crippen LogP contribution in [0.1, 0.15) is 22.4 Å². The Bertz CT molecular complexity index is 712. The van der Waals surface area contributed by atoms with Crippen molar-refractivity contribution in [2.75, 3.05) is 0 Å². The van der Waals surface area contributed by atoms with Gasteiger partial charge in [0.15, 0.2) is 0 Å². The number of aromatic nitrogens is 1. The van der Waals surface area contributed by atoms with Crippen LogP contribution < -0.4 is 6.15 Å². The maximum Gasteiger partial charge on any atom is 0.129 e. The summed E-state index contributed by atoms with van der Waals surface area (Å²) in [7, 11) is 0. The largest absolute Gasteiger partial charge is 0.344 e. The highest BCUT2D eigenvalue weighted by molar-refractivity contribution is 6.29. The van der Waals surface area contributed by atoms with Crippen LogP contribution in [0.2, 0.25) is 5.15 Å². The van der Waals surface area contributed by atoms with Gasteiger partial charge in [-0.05, 0) is 29.2 Å². The van der Waals surface area contributed by atoms with Gasteiger partial charge in [0, 0.05) is 6.42 Å². The van der Waals surface area contributed by atoms with Gasteiger partial charge in [-0.15, -0.1) is 0 Å². The normalized spacial score (nSPS) is 10.0. The van der Waals surface area contributed by atoms with Crippen molar-refractivity contribution in [2.45, 2.75) is 12.8 Å². The zero-order valence-electron chi connectivity index (χ0n) is 12.4. The highest BCUT2D eigenvalue weighted by atomic mass is 35.5. The van der Waals surface area contributed by atoms with Crippen LogP contribution >= 0.6 is 11.6 Å². The average molecular weight is 311 g/mol. The van der Waals surface area contributed by atoms with Gasteiger partial charge >= 0.3 is 0 Å². The molecule has 0 atom stereocenters. The summed E-state index contributed by atoms with van der Waals surface area (Å²) in [6.07, 6.45) is 1.69. The molecule has 0 aliphatic rings. The Hall–Kier alpha value is -2.16. The monoisotopic (exact) mass is 310 g/mol. The molecule has 0 spiro atoms. The molecule has 1 aromatic heterocycles. The summed E-state index contributed by atoms with van der Waals surface area (Å²) in [6.45, 7) is 0. The maximum atomic E-state index is 6.07. The van der Waals surface area contributed by atoms with E-state index in [1.807, 2.05) is 18.2 Å². The molecular formula is C19H19ClN2. The van der Waals surface area contributed by atoms with E-state index in [-0.39, 0.29) is 6.15 Å². The fourth-order valence-electron chi connectivity index (χ4n) is 2.42. The van der Waals surface area contributed by atoms with Crippen LogP contribution in [-0.4, -0.2) is 4.98 Å². The van der Waals surface area contributed by atoms with Crippen LogP contribution in [0.25, 0.3) is 0 Å². The van der Waals surface area contributed by atoms with E-state index in [1.54, 1.807) is 0 Å². The van der Waals surface area contributed by atoms with Crippen LogP contribution in [0.5, 0.6) is 0 Å². The summed E-state index contributed by atoms with van der Waals surface area (Å²) in [5, 5.41) is 0.553. The zero-order valence-corrected chi connectivity index (χ0v) is 13.1. The molecule has 0 bridgehead atoms. The quantitative estimate of drug-likeness (QED) is 0.683. The smallest absolute Gasteiger partial charge is 0.129 e. The van der Waals surface area contributed by atoms with E-state index in [1.165, 1.54) is 16.7 Å². The summed E-state index contributed by atoms with van der Waals surface area (Å²) in [4.78, 5) is 4.53. The van der Waals surface area contributed by atoms with E-state index in [9.17, 15) is 0 Å². The summed E-state index contributed by atoms with van der Waals surface area (Å²) in [5.41, 5.74) is 4.82. The second-order valence-electron chi connectivity index (χ2n) is 5.06. The Morgan fingerprint density at radius 1 is 0.682 bits per heavy atom. The van der Waals surface area contributed by atoms with Crippen LogP contribution in [-0.2, 0) is 12.8 Å². The lowest BCUT2D eigenvalue weighted by Crippen LogP contribution is -2.00. The van der Waals surface area contributed by atoms with E-state index < -0.39 is 0 Å². The summed E-state index contributed by atoms with van der Waals surface area (Å²) < 4.78 is 0. The Morgan fingerprint density at radius 3 is 1.82 bits per heavy atom.